The summed E-state index contributed by atoms with van der Waals surface area (Å²) in [5.41, 5.74) is 0.812. The summed E-state index contributed by atoms with van der Waals surface area (Å²) in [7, 11) is 1.59. The molecule has 0 unspecified atom stereocenters. The van der Waals surface area contributed by atoms with E-state index >= 15 is 0 Å². The molecule has 0 N–H and O–H groups in total. The molecule has 1 aromatic carbocycles. The Labute approximate surface area is 154 Å². The summed E-state index contributed by atoms with van der Waals surface area (Å²) < 4.78 is 11.3. The lowest BCUT2D eigenvalue weighted by Crippen LogP contribution is -2.31. The second kappa shape index (κ2) is 7.53. The molecule has 0 aliphatic carbocycles. The zero-order chi connectivity index (χ0) is 17.1. The van der Waals surface area contributed by atoms with Crippen LogP contribution in [0.2, 0.25) is 5.02 Å². The highest BCUT2D eigenvalue weighted by molar-refractivity contribution is 8.26. The fourth-order valence-electron chi connectivity index (χ4n) is 2.24. The largest absolute Gasteiger partial charge is 0.457 e. The minimum Gasteiger partial charge on any atom is -0.457 e. The first-order valence-electron chi connectivity index (χ1n) is 7.19. The molecule has 1 fully saturated rings. The Kier molecular flexibility index (Phi) is 5.40. The van der Waals surface area contributed by atoms with Crippen LogP contribution in [0.5, 0.6) is 0 Å². The molecule has 1 aliphatic rings. The highest BCUT2D eigenvalue weighted by Crippen LogP contribution is 2.34. The number of thiocarbonyl (C=S) groups is 1. The van der Waals surface area contributed by atoms with Crippen LogP contribution in [0.15, 0.2) is 45.7 Å². The van der Waals surface area contributed by atoms with Crippen molar-refractivity contribution < 1.29 is 13.9 Å². The normalized spacial score (nSPS) is 16.4. The second-order valence-corrected chi connectivity index (χ2v) is 7.09. The predicted octanol–water partition coefficient (Wildman–Crippen LogP) is 4.45. The van der Waals surface area contributed by atoms with Gasteiger partial charge in [-0.25, -0.2) is 0 Å². The molecule has 0 radical (unpaired) electrons. The lowest BCUT2D eigenvalue weighted by atomic mass is 10.2. The first kappa shape index (κ1) is 17.2. The lowest BCUT2D eigenvalue weighted by Gasteiger charge is -2.12. The average molecular weight is 380 g/mol. The second-order valence-electron chi connectivity index (χ2n) is 5.01. The van der Waals surface area contributed by atoms with Gasteiger partial charge < -0.3 is 9.15 Å². The topological polar surface area (TPSA) is 42.7 Å². The number of furan rings is 1. The number of amides is 1. The standard InChI is InChI=1S/C17H14ClNO3S2/c1-21-9-8-19-16(20)15(24-17(19)23)10-11-6-7-14(22-11)12-4-2-3-5-13(12)18/h2-7,10H,8-9H2,1H3/b15-10-. The van der Waals surface area contributed by atoms with Crippen LogP contribution in [-0.2, 0) is 9.53 Å². The van der Waals surface area contributed by atoms with Crippen molar-refractivity contribution in [2.24, 2.45) is 0 Å². The third kappa shape index (κ3) is 3.57. The summed E-state index contributed by atoms with van der Waals surface area (Å²) in [6.07, 6.45) is 1.70. The molecule has 7 heteroatoms. The van der Waals surface area contributed by atoms with Gasteiger partial charge in [0.05, 0.1) is 23.1 Å². The molecule has 1 amide bonds. The van der Waals surface area contributed by atoms with Gasteiger partial charge in [-0.2, -0.15) is 0 Å². The fraction of sp³-hybridized carbons (Fsp3) is 0.176. The van der Waals surface area contributed by atoms with Gasteiger partial charge in [-0.3, -0.25) is 9.69 Å². The van der Waals surface area contributed by atoms with E-state index in [9.17, 15) is 4.79 Å². The van der Waals surface area contributed by atoms with Gasteiger partial charge in [0, 0.05) is 18.7 Å². The molecule has 2 aromatic rings. The maximum Gasteiger partial charge on any atom is 0.266 e. The van der Waals surface area contributed by atoms with E-state index in [0.29, 0.717) is 38.9 Å². The van der Waals surface area contributed by atoms with Gasteiger partial charge in [-0.05, 0) is 24.3 Å². The first-order valence-corrected chi connectivity index (χ1v) is 8.79. The minimum absolute atomic E-state index is 0.127. The average Bonchev–Trinajstić information content (AvgIpc) is 3.12. The Balaban J connectivity index is 1.82. The van der Waals surface area contributed by atoms with Crippen molar-refractivity contribution in [3.05, 3.63) is 52.1 Å². The van der Waals surface area contributed by atoms with Crippen LogP contribution in [-0.4, -0.2) is 35.4 Å². The van der Waals surface area contributed by atoms with Crippen molar-refractivity contribution in [2.75, 3.05) is 20.3 Å². The van der Waals surface area contributed by atoms with Gasteiger partial charge in [0.2, 0.25) is 0 Å². The maximum absolute atomic E-state index is 12.4. The molecule has 0 saturated carbocycles. The van der Waals surface area contributed by atoms with E-state index in [2.05, 4.69) is 0 Å². The Bertz CT molecular complexity index is 816. The number of nitrogens with zero attached hydrogens (tertiary/aromatic N) is 1. The van der Waals surface area contributed by atoms with Gasteiger partial charge in [0.1, 0.15) is 15.8 Å². The van der Waals surface area contributed by atoms with Gasteiger partial charge in [0.25, 0.3) is 5.91 Å². The molecule has 124 valence electrons. The molecule has 1 saturated heterocycles. The van der Waals surface area contributed by atoms with Crippen molar-refractivity contribution in [1.29, 1.82) is 0 Å². The molecule has 3 rings (SSSR count). The number of halogens is 1. The molecule has 0 bridgehead atoms. The maximum atomic E-state index is 12.4. The summed E-state index contributed by atoms with van der Waals surface area (Å²) in [4.78, 5) is 14.5. The molecule has 0 atom stereocenters. The molecule has 24 heavy (non-hydrogen) atoms. The molecule has 0 spiro atoms. The molecular weight excluding hydrogens is 366 g/mol. The number of hydrogen-bond donors (Lipinski definition) is 0. The third-order valence-corrected chi connectivity index (χ3v) is 5.14. The summed E-state index contributed by atoms with van der Waals surface area (Å²) in [5.74, 6) is 1.11. The van der Waals surface area contributed by atoms with E-state index in [1.54, 1.807) is 25.3 Å². The van der Waals surface area contributed by atoms with Crippen LogP contribution in [0.3, 0.4) is 0 Å². The summed E-state index contributed by atoms with van der Waals surface area (Å²) in [5, 5.41) is 0.615. The number of thioether (sulfide) groups is 1. The lowest BCUT2D eigenvalue weighted by molar-refractivity contribution is -0.122. The van der Waals surface area contributed by atoms with Crippen LogP contribution >= 0.6 is 35.6 Å². The van der Waals surface area contributed by atoms with Crippen molar-refractivity contribution in [3.63, 3.8) is 0 Å². The smallest absolute Gasteiger partial charge is 0.266 e. The monoisotopic (exact) mass is 379 g/mol. The van der Waals surface area contributed by atoms with Crippen LogP contribution in [0.1, 0.15) is 5.76 Å². The van der Waals surface area contributed by atoms with E-state index < -0.39 is 0 Å². The van der Waals surface area contributed by atoms with Gasteiger partial charge in [-0.1, -0.05) is 47.7 Å². The van der Waals surface area contributed by atoms with Crippen LogP contribution in [0.25, 0.3) is 17.4 Å². The van der Waals surface area contributed by atoms with Gasteiger partial charge in [-0.15, -0.1) is 0 Å². The zero-order valence-electron chi connectivity index (χ0n) is 12.8. The number of benzene rings is 1. The Morgan fingerprint density at radius 3 is 2.88 bits per heavy atom. The number of hydrogen-bond acceptors (Lipinski definition) is 5. The quantitative estimate of drug-likeness (QED) is 0.567. The number of methoxy groups -OCH3 is 1. The van der Waals surface area contributed by atoms with Crippen LogP contribution in [0, 0.1) is 0 Å². The van der Waals surface area contributed by atoms with E-state index in [0.717, 1.165) is 5.56 Å². The Morgan fingerprint density at radius 2 is 2.12 bits per heavy atom. The van der Waals surface area contributed by atoms with E-state index in [1.165, 1.54) is 16.7 Å². The highest BCUT2D eigenvalue weighted by Gasteiger charge is 2.31. The first-order chi connectivity index (χ1) is 11.6. The zero-order valence-corrected chi connectivity index (χ0v) is 15.2. The Hall–Kier alpha value is -1.60. The molecule has 2 heterocycles. The summed E-state index contributed by atoms with van der Waals surface area (Å²) in [6.45, 7) is 0.888. The van der Waals surface area contributed by atoms with Gasteiger partial charge >= 0.3 is 0 Å². The van der Waals surface area contributed by atoms with Crippen molar-refractivity contribution >= 4 is 51.9 Å². The number of ether oxygens (including phenoxy) is 1. The molecule has 1 aliphatic heterocycles. The van der Waals surface area contributed by atoms with Crippen LogP contribution < -0.4 is 0 Å². The molecule has 1 aromatic heterocycles. The van der Waals surface area contributed by atoms with Crippen molar-refractivity contribution in [2.45, 2.75) is 0 Å². The SMILES string of the molecule is COCCN1C(=O)/C(=C/c2ccc(-c3ccccc3Cl)o2)SC1=S. The summed E-state index contributed by atoms with van der Waals surface area (Å²) in [6, 6.07) is 11.1. The summed E-state index contributed by atoms with van der Waals surface area (Å²) >= 11 is 12.7. The van der Waals surface area contributed by atoms with E-state index in [-0.39, 0.29) is 5.91 Å². The molecular formula is C17H14ClNO3S2. The predicted molar refractivity (Wildman–Crippen MR) is 101 cm³/mol. The third-order valence-electron chi connectivity index (χ3n) is 3.43. The van der Waals surface area contributed by atoms with Crippen LogP contribution in [0.4, 0.5) is 0 Å². The van der Waals surface area contributed by atoms with E-state index in [4.69, 9.17) is 33.0 Å². The van der Waals surface area contributed by atoms with Gasteiger partial charge in [0.15, 0.2) is 0 Å². The minimum atomic E-state index is -0.127. The van der Waals surface area contributed by atoms with Crippen molar-refractivity contribution in [1.82, 2.24) is 4.90 Å². The number of rotatable bonds is 5. The number of carbonyl (C=O) groups is 1. The fourth-order valence-corrected chi connectivity index (χ4v) is 3.76. The highest BCUT2D eigenvalue weighted by atomic mass is 35.5. The molecule has 4 nitrogen and oxygen atoms in total. The Morgan fingerprint density at radius 1 is 1.33 bits per heavy atom. The van der Waals surface area contributed by atoms with E-state index in [1.807, 2.05) is 24.3 Å². The van der Waals surface area contributed by atoms with Crippen molar-refractivity contribution in [3.8, 4) is 11.3 Å². The number of carbonyl (C=O) groups excluding carboxylic acids is 1.